The van der Waals surface area contributed by atoms with Crippen LogP contribution in [0.3, 0.4) is 0 Å². The molecule has 0 N–H and O–H groups in total. The van der Waals surface area contributed by atoms with Crippen molar-refractivity contribution in [1.82, 2.24) is 19.6 Å². The molecule has 4 heteroatoms. The first-order valence-electron chi connectivity index (χ1n) is 9.46. The van der Waals surface area contributed by atoms with Crippen molar-refractivity contribution in [3.63, 3.8) is 0 Å². The fourth-order valence-electron chi connectivity index (χ4n) is 4.23. The van der Waals surface area contributed by atoms with Crippen molar-refractivity contribution in [3.05, 3.63) is 6.67 Å². The van der Waals surface area contributed by atoms with Gasteiger partial charge in [-0.2, -0.15) is 0 Å². The predicted octanol–water partition coefficient (Wildman–Crippen LogP) is 1.96. The molecule has 3 fully saturated rings. The number of hydrogen-bond donors (Lipinski definition) is 0. The number of rotatable bonds is 7. The summed E-state index contributed by atoms with van der Waals surface area (Å²) in [4.78, 5) is 10.1. The van der Waals surface area contributed by atoms with E-state index < -0.39 is 0 Å². The van der Waals surface area contributed by atoms with Gasteiger partial charge in [0.15, 0.2) is 0 Å². The van der Waals surface area contributed by atoms with Crippen LogP contribution in [0.4, 0.5) is 0 Å². The van der Waals surface area contributed by atoms with Crippen LogP contribution >= 0.6 is 0 Å². The van der Waals surface area contributed by atoms with Gasteiger partial charge in [0.1, 0.15) is 6.67 Å². The Labute approximate surface area is 137 Å². The first-order valence-corrected chi connectivity index (χ1v) is 9.46. The molecule has 3 saturated heterocycles. The summed E-state index contributed by atoms with van der Waals surface area (Å²) in [6.07, 6.45) is 6.84. The molecule has 0 amide bonds. The lowest BCUT2D eigenvalue weighted by molar-refractivity contribution is 0.221. The maximum absolute atomic E-state index is 3.59. The van der Waals surface area contributed by atoms with Crippen molar-refractivity contribution < 1.29 is 0 Å². The van der Waals surface area contributed by atoms with Crippen molar-refractivity contribution in [3.8, 4) is 0 Å². The Balaban J connectivity index is 1.27. The van der Waals surface area contributed by atoms with Crippen molar-refractivity contribution >= 4 is 0 Å². The average molecular weight is 306 g/mol. The van der Waals surface area contributed by atoms with Gasteiger partial charge in [0.25, 0.3) is 0 Å². The van der Waals surface area contributed by atoms with E-state index in [2.05, 4.69) is 40.1 Å². The maximum Gasteiger partial charge on any atom is 0.146 e. The van der Waals surface area contributed by atoms with Crippen molar-refractivity contribution in [2.45, 2.75) is 58.0 Å². The second kappa shape index (κ2) is 8.09. The summed E-state index contributed by atoms with van der Waals surface area (Å²) in [7, 11) is 0. The molecule has 0 aromatic heterocycles. The topological polar surface area (TPSA) is 13.0 Å². The van der Waals surface area contributed by atoms with Crippen LogP contribution in [-0.2, 0) is 0 Å². The van der Waals surface area contributed by atoms with Crippen molar-refractivity contribution in [2.24, 2.45) is 0 Å². The number of likely N-dealkylation sites (tertiary alicyclic amines) is 2. The quantitative estimate of drug-likeness (QED) is 0.713. The van der Waals surface area contributed by atoms with E-state index in [4.69, 9.17) is 0 Å². The van der Waals surface area contributed by atoms with Crippen LogP contribution in [0.5, 0.6) is 0 Å². The molecule has 0 aromatic carbocycles. The highest BCUT2D eigenvalue weighted by Gasteiger charge is 2.25. The van der Waals surface area contributed by atoms with Crippen LogP contribution in [-0.4, -0.2) is 84.0 Å². The van der Waals surface area contributed by atoms with E-state index in [0.29, 0.717) is 0 Å². The van der Waals surface area contributed by atoms with Crippen LogP contribution in [0.1, 0.15) is 46.0 Å². The lowest BCUT2D eigenvalue weighted by Gasteiger charge is -2.24. The molecule has 2 atom stereocenters. The zero-order chi connectivity index (χ0) is 15.4. The van der Waals surface area contributed by atoms with Crippen LogP contribution in [0.15, 0.2) is 0 Å². The molecule has 0 aliphatic carbocycles. The van der Waals surface area contributed by atoms with Gasteiger partial charge in [-0.15, -0.1) is 0 Å². The Morgan fingerprint density at radius 1 is 0.727 bits per heavy atom. The van der Waals surface area contributed by atoms with Crippen molar-refractivity contribution in [1.29, 1.82) is 0 Å². The highest BCUT2D eigenvalue weighted by atomic mass is 15.4. The van der Waals surface area contributed by atoms with Gasteiger partial charge in [-0.05, 0) is 65.6 Å². The molecule has 0 bridgehead atoms. The van der Waals surface area contributed by atoms with Crippen LogP contribution in [0, 0.1) is 6.67 Å². The first kappa shape index (κ1) is 16.7. The zero-order valence-corrected chi connectivity index (χ0v) is 14.6. The lowest BCUT2D eigenvalue weighted by atomic mass is 10.2. The Kier molecular flexibility index (Phi) is 6.14. The Morgan fingerprint density at radius 3 is 1.91 bits per heavy atom. The van der Waals surface area contributed by atoms with Gasteiger partial charge in [-0.1, -0.05) is 0 Å². The normalized spacial score (nSPS) is 32.5. The smallest absolute Gasteiger partial charge is 0.146 e. The summed E-state index contributed by atoms with van der Waals surface area (Å²) < 4.78 is 0. The molecule has 4 nitrogen and oxygen atoms in total. The molecule has 0 aromatic rings. The van der Waals surface area contributed by atoms with Crippen LogP contribution in [0.25, 0.3) is 0 Å². The highest BCUT2D eigenvalue weighted by Crippen LogP contribution is 2.18. The molecule has 3 aliphatic heterocycles. The molecule has 3 rings (SSSR count). The van der Waals surface area contributed by atoms with E-state index in [0.717, 1.165) is 18.6 Å². The van der Waals surface area contributed by atoms with Gasteiger partial charge in [0.05, 0.1) is 0 Å². The second-order valence-corrected chi connectivity index (χ2v) is 7.48. The molecule has 2 radical (unpaired) electrons. The molecule has 0 saturated carbocycles. The highest BCUT2D eigenvalue weighted by molar-refractivity contribution is 4.83. The fraction of sp³-hybridized carbons (Fsp3) is 0.944. The molecule has 126 valence electrons. The fourth-order valence-corrected chi connectivity index (χ4v) is 4.23. The average Bonchev–Trinajstić information content (AvgIpc) is 3.21. The molecule has 3 aliphatic rings. The van der Waals surface area contributed by atoms with E-state index in [1.54, 1.807) is 0 Å². The second-order valence-electron chi connectivity index (χ2n) is 7.48. The van der Waals surface area contributed by atoms with Gasteiger partial charge in [0, 0.05) is 44.8 Å². The summed E-state index contributed by atoms with van der Waals surface area (Å²) in [6.45, 7) is 18.1. The monoisotopic (exact) mass is 306 g/mol. The standard InChI is InChI=1S/C18H34N4/c1-17-6-3-9-21(17)11-5-8-19-12-13-20(16-19)14-15-22-10-4-7-18(22)2/h17-18H,3-15H2,1-2H3/t17-,18+/m0/s1. The third kappa shape index (κ3) is 4.44. The summed E-state index contributed by atoms with van der Waals surface area (Å²) in [5.41, 5.74) is 0. The van der Waals surface area contributed by atoms with Gasteiger partial charge in [0.2, 0.25) is 0 Å². The van der Waals surface area contributed by atoms with E-state index in [-0.39, 0.29) is 0 Å². The lowest BCUT2D eigenvalue weighted by Crippen LogP contribution is -2.35. The summed E-state index contributed by atoms with van der Waals surface area (Å²) in [5.74, 6) is 0. The molecule has 22 heavy (non-hydrogen) atoms. The van der Waals surface area contributed by atoms with Gasteiger partial charge < -0.3 is 4.90 Å². The number of nitrogens with zero attached hydrogens (tertiary/aromatic N) is 4. The zero-order valence-electron chi connectivity index (χ0n) is 14.6. The summed E-state index contributed by atoms with van der Waals surface area (Å²) >= 11 is 0. The van der Waals surface area contributed by atoms with Gasteiger partial charge in [-0.3, -0.25) is 14.7 Å². The molecule has 3 heterocycles. The van der Waals surface area contributed by atoms with Crippen LogP contribution < -0.4 is 0 Å². The Bertz CT molecular complexity index is 335. The molecule has 0 spiro atoms. The van der Waals surface area contributed by atoms with E-state index >= 15 is 0 Å². The SMILES string of the molecule is C[C@@H]1CCCN1CCN1[C]N(CCCN2CCC[C@@H]2C)CC1. The van der Waals surface area contributed by atoms with E-state index in [9.17, 15) is 0 Å². The third-order valence-electron chi connectivity index (χ3n) is 5.83. The minimum Gasteiger partial charge on any atom is -0.301 e. The first-order chi connectivity index (χ1) is 10.7. The van der Waals surface area contributed by atoms with Gasteiger partial charge in [-0.25, -0.2) is 0 Å². The Hall–Kier alpha value is -0.160. The van der Waals surface area contributed by atoms with Crippen molar-refractivity contribution in [2.75, 3.05) is 52.4 Å². The predicted molar refractivity (Wildman–Crippen MR) is 91.5 cm³/mol. The third-order valence-corrected chi connectivity index (χ3v) is 5.83. The maximum atomic E-state index is 3.59. The summed E-state index contributed by atoms with van der Waals surface area (Å²) in [6, 6.07) is 1.60. The van der Waals surface area contributed by atoms with E-state index in [1.807, 2.05) is 0 Å². The summed E-state index contributed by atoms with van der Waals surface area (Å²) in [5, 5.41) is 0. The Morgan fingerprint density at radius 2 is 1.32 bits per heavy atom. The molecular weight excluding hydrogens is 272 g/mol. The largest absolute Gasteiger partial charge is 0.301 e. The van der Waals surface area contributed by atoms with E-state index in [1.165, 1.54) is 77.9 Å². The van der Waals surface area contributed by atoms with Gasteiger partial charge >= 0.3 is 0 Å². The number of hydrogen-bond acceptors (Lipinski definition) is 4. The van der Waals surface area contributed by atoms with Crippen LogP contribution in [0.2, 0.25) is 0 Å². The molecular formula is C18H34N4. The minimum atomic E-state index is 0.793. The minimum absolute atomic E-state index is 0.793. The molecule has 0 unspecified atom stereocenters.